The van der Waals surface area contributed by atoms with Crippen LogP contribution >= 0.6 is 11.6 Å². The highest BCUT2D eigenvalue weighted by Crippen LogP contribution is 2.35. The molecule has 0 saturated carbocycles. The molecule has 2 aromatic carbocycles. The van der Waals surface area contributed by atoms with Crippen LogP contribution in [0.15, 0.2) is 47.6 Å². The largest absolute Gasteiger partial charge is 0.273 e. The third kappa shape index (κ3) is 2.45. The Balaban J connectivity index is 1.83. The fourth-order valence-corrected chi connectivity index (χ4v) is 3.68. The van der Waals surface area contributed by atoms with Gasteiger partial charge in [0.15, 0.2) is 0 Å². The summed E-state index contributed by atoms with van der Waals surface area (Å²) >= 11 is 6.12. The van der Waals surface area contributed by atoms with Crippen molar-refractivity contribution in [2.24, 2.45) is 11.0 Å². The van der Waals surface area contributed by atoms with Gasteiger partial charge >= 0.3 is 0 Å². The molecule has 1 atom stereocenters. The summed E-state index contributed by atoms with van der Waals surface area (Å²) in [7, 11) is 0. The highest BCUT2D eigenvalue weighted by molar-refractivity contribution is 6.30. The first-order valence-electron chi connectivity index (χ1n) is 7.89. The molecule has 1 heterocycles. The van der Waals surface area contributed by atoms with Crippen LogP contribution in [0.5, 0.6) is 0 Å². The van der Waals surface area contributed by atoms with Crippen molar-refractivity contribution >= 4 is 28.9 Å². The highest BCUT2D eigenvalue weighted by Gasteiger charge is 2.34. The lowest BCUT2D eigenvalue weighted by Gasteiger charge is -2.33. The Labute approximate surface area is 140 Å². The number of hydrogen-bond acceptors (Lipinski definition) is 2. The van der Waals surface area contributed by atoms with E-state index in [2.05, 4.69) is 0 Å². The molecule has 2 aliphatic rings. The van der Waals surface area contributed by atoms with Crippen molar-refractivity contribution in [3.05, 3.63) is 64.2 Å². The second-order valence-electron chi connectivity index (χ2n) is 6.22. The van der Waals surface area contributed by atoms with Crippen LogP contribution in [0.3, 0.4) is 0 Å². The van der Waals surface area contributed by atoms with Crippen LogP contribution in [0, 0.1) is 12.8 Å². The van der Waals surface area contributed by atoms with E-state index in [9.17, 15) is 4.79 Å². The van der Waals surface area contributed by atoms with Gasteiger partial charge in [-0.05, 0) is 49.1 Å². The smallest absolute Gasteiger partial charge is 0.248 e. The van der Waals surface area contributed by atoms with E-state index >= 15 is 0 Å². The molecule has 2 aromatic rings. The lowest BCUT2D eigenvalue weighted by molar-refractivity contribution is -0.119. The predicted molar refractivity (Wildman–Crippen MR) is 93.1 cm³/mol. The van der Waals surface area contributed by atoms with E-state index in [1.54, 1.807) is 5.01 Å². The third-order valence-corrected chi connectivity index (χ3v) is 4.94. The average Bonchev–Trinajstić information content (AvgIpc) is 2.54. The Kier molecular flexibility index (Phi) is 3.46. The van der Waals surface area contributed by atoms with Crippen LogP contribution in [0.4, 0.5) is 5.69 Å². The number of fused-ring (bicyclic) bond motifs is 3. The standard InChI is InChI=1S/C19H17ClN2O/c1-12-4-2-3-5-17(12)22-18(23)11-14-7-6-13-10-15(20)8-9-16(13)19(14)21-22/h2-5,8-10,14H,6-7,11H2,1H3. The van der Waals surface area contributed by atoms with Gasteiger partial charge in [-0.3, -0.25) is 4.79 Å². The number of amides is 1. The summed E-state index contributed by atoms with van der Waals surface area (Å²) in [5.74, 6) is 0.293. The summed E-state index contributed by atoms with van der Waals surface area (Å²) in [6.45, 7) is 2.00. The molecular formula is C19H17ClN2O. The van der Waals surface area contributed by atoms with Crippen LogP contribution in [0.1, 0.15) is 29.5 Å². The summed E-state index contributed by atoms with van der Waals surface area (Å²) in [6.07, 6.45) is 2.44. The Hall–Kier alpha value is -2.13. The average molecular weight is 325 g/mol. The molecule has 0 N–H and O–H groups in total. The molecule has 23 heavy (non-hydrogen) atoms. The maximum atomic E-state index is 12.6. The highest BCUT2D eigenvalue weighted by atomic mass is 35.5. The van der Waals surface area contributed by atoms with E-state index in [1.165, 1.54) is 5.56 Å². The van der Waals surface area contributed by atoms with E-state index in [1.807, 2.05) is 49.4 Å². The van der Waals surface area contributed by atoms with Crippen molar-refractivity contribution in [2.45, 2.75) is 26.2 Å². The van der Waals surface area contributed by atoms with Crippen LogP contribution in [-0.4, -0.2) is 11.6 Å². The van der Waals surface area contributed by atoms with E-state index in [0.29, 0.717) is 6.42 Å². The Morgan fingerprint density at radius 3 is 2.87 bits per heavy atom. The number of rotatable bonds is 1. The lowest BCUT2D eigenvalue weighted by atomic mass is 9.79. The number of nitrogens with zero attached hydrogens (tertiary/aromatic N) is 2. The molecule has 0 bridgehead atoms. The zero-order valence-corrected chi connectivity index (χ0v) is 13.7. The number of carbonyl (C=O) groups excluding carboxylic acids is 1. The van der Waals surface area contributed by atoms with Gasteiger partial charge in [0, 0.05) is 22.9 Å². The summed E-state index contributed by atoms with van der Waals surface area (Å²) in [4.78, 5) is 12.6. The Bertz CT molecular complexity index is 828. The van der Waals surface area contributed by atoms with Crippen LogP contribution in [-0.2, 0) is 11.2 Å². The van der Waals surface area contributed by atoms with Crippen molar-refractivity contribution in [1.29, 1.82) is 0 Å². The normalized spacial score (nSPS) is 19.9. The van der Waals surface area contributed by atoms with Gasteiger partial charge < -0.3 is 0 Å². The number of halogens is 1. The van der Waals surface area contributed by atoms with Gasteiger partial charge in [0.1, 0.15) is 0 Å². The topological polar surface area (TPSA) is 32.7 Å². The van der Waals surface area contributed by atoms with Crippen molar-refractivity contribution < 1.29 is 4.79 Å². The van der Waals surface area contributed by atoms with Crippen molar-refractivity contribution in [1.82, 2.24) is 0 Å². The molecule has 0 fully saturated rings. The number of para-hydroxylation sites is 1. The molecule has 1 aliphatic carbocycles. The molecular weight excluding hydrogens is 308 g/mol. The minimum atomic E-state index is 0.0745. The van der Waals surface area contributed by atoms with E-state index in [-0.39, 0.29) is 11.8 Å². The molecule has 4 rings (SSSR count). The number of hydrogen-bond donors (Lipinski definition) is 0. The Morgan fingerprint density at radius 2 is 2.04 bits per heavy atom. The molecule has 0 saturated heterocycles. The van der Waals surface area contributed by atoms with E-state index < -0.39 is 0 Å². The van der Waals surface area contributed by atoms with Crippen molar-refractivity contribution in [3.63, 3.8) is 0 Å². The van der Waals surface area contributed by atoms with Gasteiger partial charge in [-0.2, -0.15) is 5.10 Å². The van der Waals surface area contributed by atoms with E-state index in [4.69, 9.17) is 16.7 Å². The Morgan fingerprint density at radius 1 is 1.22 bits per heavy atom. The molecule has 1 unspecified atom stereocenters. The quantitative estimate of drug-likeness (QED) is 0.767. The summed E-state index contributed by atoms with van der Waals surface area (Å²) in [5, 5.41) is 7.07. The molecule has 0 aromatic heterocycles. The van der Waals surface area contributed by atoms with Crippen molar-refractivity contribution in [2.75, 3.05) is 5.01 Å². The fraction of sp³-hybridized carbons (Fsp3) is 0.263. The molecule has 3 nitrogen and oxygen atoms in total. The first-order valence-corrected chi connectivity index (χ1v) is 8.27. The second kappa shape index (κ2) is 5.50. The monoisotopic (exact) mass is 324 g/mol. The minimum Gasteiger partial charge on any atom is -0.273 e. The zero-order valence-electron chi connectivity index (χ0n) is 12.9. The lowest BCUT2D eigenvalue weighted by Crippen LogP contribution is -2.39. The fourth-order valence-electron chi connectivity index (χ4n) is 3.49. The summed E-state index contributed by atoms with van der Waals surface area (Å²) in [5.41, 5.74) is 5.30. The molecule has 4 heteroatoms. The summed E-state index contributed by atoms with van der Waals surface area (Å²) < 4.78 is 0. The molecule has 1 amide bonds. The number of carbonyl (C=O) groups is 1. The van der Waals surface area contributed by atoms with Crippen LogP contribution in [0.2, 0.25) is 5.02 Å². The number of anilines is 1. The zero-order chi connectivity index (χ0) is 16.0. The van der Waals surface area contributed by atoms with Crippen LogP contribution in [0.25, 0.3) is 0 Å². The molecule has 0 radical (unpaired) electrons. The molecule has 116 valence electrons. The van der Waals surface area contributed by atoms with Crippen LogP contribution < -0.4 is 5.01 Å². The maximum absolute atomic E-state index is 12.6. The predicted octanol–water partition coefficient (Wildman–Crippen LogP) is 4.35. The molecule has 0 spiro atoms. The molecule has 1 aliphatic heterocycles. The number of benzene rings is 2. The first-order chi connectivity index (χ1) is 11.1. The van der Waals surface area contributed by atoms with Gasteiger partial charge in [-0.1, -0.05) is 35.9 Å². The van der Waals surface area contributed by atoms with Gasteiger partial charge in [0.25, 0.3) is 0 Å². The number of hydrazone groups is 1. The third-order valence-electron chi connectivity index (χ3n) is 4.70. The van der Waals surface area contributed by atoms with Gasteiger partial charge in [0.2, 0.25) is 5.91 Å². The van der Waals surface area contributed by atoms with E-state index in [0.717, 1.165) is 40.4 Å². The van der Waals surface area contributed by atoms with Gasteiger partial charge in [-0.25, -0.2) is 5.01 Å². The van der Waals surface area contributed by atoms with Gasteiger partial charge in [0.05, 0.1) is 11.4 Å². The second-order valence-corrected chi connectivity index (χ2v) is 6.65. The van der Waals surface area contributed by atoms with Gasteiger partial charge in [-0.15, -0.1) is 0 Å². The summed E-state index contributed by atoms with van der Waals surface area (Å²) in [6, 6.07) is 13.8. The SMILES string of the molecule is Cc1ccccc1N1N=C2c3ccc(Cl)cc3CCC2CC1=O. The minimum absolute atomic E-state index is 0.0745. The maximum Gasteiger partial charge on any atom is 0.248 e. The van der Waals surface area contributed by atoms with Crippen molar-refractivity contribution in [3.8, 4) is 0 Å². The first kappa shape index (κ1) is 14.5. The number of aryl methyl sites for hydroxylation is 2.